The maximum absolute atomic E-state index is 6.28. The minimum absolute atomic E-state index is 0.527. The van der Waals surface area contributed by atoms with Crippen molar-refractivity contribution >= 4 is 6.08 Å². The summed E-state index contributed by atoms with van der Waals surface area (Å²) in [6, 6.07) is 27.6. The van der Waals surface area contributed by atoms with Gasteiger partial charge in [0.25, 0.3) is 0 Å². The Morgan fingerprint density at radius 3 is 2.03 bits per heavy atom. The molecule has 0 radical (unpaired) electrons. The van der Waals surface area contributed by atoms with E-state index in [2.05, 4.69) is 53.4 Å². The van der Waals surface area contributed by atoms with Gasteiger partial charge in [-0.3, -0.25) is 4.90 Å². The number of rotatable bonds is 8. The number of benzene rings is 3. The van der Waals surface area contributed by atoms with Crippen LogP contribution in [-0.4, -0.2) is 24.0 Å². The molecule has 33 heavy (non-hydrogen) atoms. The molecule has 1 saturated carbocycles. The number of nitrogens with zero attached hydrogens (tertiary/aromatic N) is 1. The van der Waals surface area contributed by atoms with Crippen molar-refractivity contribution in [2.45, 2.75) is 51.4 Å². The molecule has 1 atom stereocenters. The van der Waals surface area contributed by atoms with Crippen molar-refractivity contribution in [2.24, 2.45) is 0 Å². The van der Waals surface area contributed by atoms with Gasteiger partial charge in [0.2, 0.25) is 0 Å². The topological polar surface area (TPSA) is 21.7 Å². The van der Waals surface area contributed by atoms with Crippen molar-refractivity contribution < 1.29 is 9.47 Å². The van der Waals surface area contributed by atoms with Gasteiger partial charge < -0.3 is 9.47 Å². The van der Waals surface area contributed by atoms with Crippen LogP contribution in [0.25, 0.3) is 6.08 Å². The molecule has 1 unspecified atom stereocenters. The summed E-state index contributed by atoms with van der Waals surface area (Å²) < 4.78 is 12.5. The van der Waals surface area contributed by atoms with Gasteiger partial charge in [0.05, 0.1) is 0 Å². The third-order valence-corrected chi connectivity index (χ3v) is 6.75. The molecule has 0 spiro atoms. The molecular weight excluding hydrogens is 406 g/mol. The zero-order valence-electron chi connectivity index (χ0n) is 19.3. The van der Waals surface area contributed by atoms with Gasteiger partial charge in [-0.1, -0.05) is 84.8 Å². The molecule has 0 N–H and O–H groups in total. The Hall–Kier alpha value is -3.04. The van der Waals surface area contributed by atoms with Crippen LogP contribution in [0.15, 0.2) is 84.4 Å². The fourth-order valence-corrected chi connectivity index (χ4v) is 4.79. The standard InChI is InChI=1S/C30H33NO2/c1-3-10-24(11-4-1)22-32-29-17-16-26(21-30(29)33-23-25-12-5-2-6-13-25)20-27-14-7-8-15-28(27)31-18-9-19-31/h1-6,10-13,16-17,20-21,28H,7-9,14-15,18-19,22-23H2. The summed E-state index contributed by atoms with van der Waals surface area (Å²) in [6.45, 7) is 3.55. The number of hydrogen-bond donors (Lipinski definition) is 0. The lowest BCUT2D eigenvalue weighted by molar-refractivity contribution is 0.121. The van der Waals surface area contributed by atoms with E-state index in [0.29, 0.717) is 19.3 Å². The molecule has 2 aliphatic rings. The monoisotopic (exact) mass is 439 g/mol. The zero-order chi connectivity index (χ0) is 22.3. The molecule has 3 heteroatoms. The maximum atomic E-state index is 6.28. The number of likely N-dealkylation sites (tertiary alicyclic amines) is 1. The highest BCUT2D eigenvalue weighted by Crippen LogP contribution is 2.35. The van der Waals surface area contributed by atoms with Crippen LogP contribution in [0, 0.1) is 0 Å². The Morgan fingerprint density at radius 2 is 1.39 bits per heavy atom. The van der Waals surface area contributed by atoms with Crippen molar-refractivity contribution in [1.82, 2.24) is 4.90 Å². The predicted molar refractivity (Wildman–Crippen MR) is 134 cm³/mol. The molecule has 5 rings (SSSR count). The van der Waals surface area contributed by atoms with Gasteiger partial charge in [-0.15, -0.1) is 0 Å². The summed E-state index contributed by atoms with van der Waals surface area (Å²) in [5.74, 6) is 1.60. The highest BCUT2D eigenvalue weighted by molar-refractivity contribution is 5.59. The smallest absolute Gasteiger partial charge is 0.162 e. The molecule has 2 fully saturated rings. The summed E-state index contributed by atoms with van der Waals surface area (Å²) in [7, 11) is 0. The lowest BCUT2D eigenvalue weighted by Gasteiger charge is -2.42. The molecule has 3 aromatic carbocycles. The first kappa shape index (κ1) is 21.8. The second-order valence-electron chi connectivity index (χ2n) is 9.13. The van der Waals surface area contributed by atoms with Crippen molar-refractivity contribution in [3.63, 3.8) is 0 Å². The first-order valence-electron chi connectivity index (χ1n) is 12.3. The SMILES string of the molecule is C(=C1CCCCC1N1CCC1)c1ccc(OCc2ccccc2)c(OCc2ccccc2)c1. The Balaban J connectivity index is 1.37. The normalized spacial score (nSPS) is 19.8. The highest BCUT2D eigenvalue weighted by Gasteiger charge is 2.28. The van der Waals surface area contributed by atoms with E-state index in [1.165, 1.54) is 50.8 Å². The summed E-state index contributed by atoms with van der Waals surface area (Å²) in [6.07, 6.45) is 8.88. The molecule has 3 aromatic rings. The fraction of sp³-hybridized carbons (Fsp3) is 0.333. The van der Waals surface area contributed by atoms with Gasteiger partial charge in [0, 0.05) is 6.04 Å². The summed E-state index contributed by atoms with van der Waals surface area (Å²) in [5, 5.41) is 0. The van der Waals surface area contributed by atoms with Crippen LogP contribution in [0.3, 0.4) is 0 Å². The molecule has 1 aliphatic heterocycles. The van der Waals surface area contributed by atoms with Gasteiger partial charge in [-0.2, -0.15) is 0 Å². The Labute approximate surface area is 197 Å². The van der Waals surface area contributed by atoms with Crippen molar-refractivity contribution in [1.29, 1.82) is 0 Å². The molecule has 0 aromatic heterocycles. The van der Waals surface area contributed by atoms with Crippen LogP contribution in [0.2, 0.25) is 0 Å². The molecule has 0 bridgehead atoms. The Bertz CT molecular complexity index is 1060. The highest BCUT2D eigenvalue weighted by atomic mass is 16.5. The zero-order valence-corrected chi connectivity index (χ0v) is 19.3. The fourth-order valence-electron chi connectivity index (χ4n) is 4.79. The second kappa shape index (κ2) is 10.7. The summed E-state index contributed by atoms with van der Waals surface area (Å²) in [5.41, 5.74) is 5.08. The lowest BCUT2D eigenvalue weighted by Crippen LogP contribution is -2.46. The predicted octanol–water partition coefficient (Wildman–Crippen LogP) is 6.88. The van der Waals surface area contributed by atoms with E-state index in [9.17, 15) is 0 Å². The van der Waals surface area contributed by atoms with E-state index in [0.717, 1.165) is 22.6 Å². The largest absolute Gasteiger partial charge is 0.485 e. The minimum atomic E-state index is 0.527. The van der Waals surface area contributed by atoms with Gasteiger partial charge in [-0.25, -0.2) is 0 Å². The van der Waals surface area contributed by atoms with E-state index in [-0.39, 0.29) is 0 Å². The minimum Gasteiger partial charge on any atom is -0.485 e. The third kappa shape index (κ3) is 5.66. The summed E-state index contributed by atoms with van der Waals surface area (Å²) in [4.78, 5) is 2.65. The number of hydrogen-bond acceptors (Lipinski definition) is 3. The molecular formula is C30H33NO2. The first-order chi connectivity index (χ1) is 16.3. The molecule has 0 amide bonds. The van der Waals surface area contributed by atoms with Gasteiger partial charge in [0.15, 0.2) is 11.5 Å². The van der Waals surface area contributed by atoms with Crippen LogP contribution in [0.5, 0.6) is 11.5 Å². The van der Waals surface area contributed by atoms with Crippen LogP contribution in [0.4, 0.5) is 0 Å². The lowest BCUT2D eigenvalue weighted by atomic mass is 9.86. The summed E-state index contributed by atoms with van der Waals surface area (Å²) >= 11 is 0. The van der Waals surface area contributed by atoms with Crippen molar-refractivity contribution in [3.05, 3.63) is 101 Å². The molecule has 1 heterocycles. The average molecular weight is 440 g/mol. The molecule has 1 aliphatic carbocycles. The average Bonchev–Trinajstić information content (AvgIpc) is 2.83. The van der Waals surface area contributed by atoms with Crippen LogP contribution in [-0.2, 0) is 13.2 Å². The van der Waals surface area contributed by atoms with E-state index in [1.807, 2.05) is 36.4 Å². The maximum Gasteiger partial charge on any atom is 0.162 e. The first-order valence-corrected chi connectivity index (χ1v) is 12.3. The van der Waals surface area contributed by atoms with Crippen molar-refractivity contribution in [3.8, 4) is 11.5 Å². The van der Waals surface area contributed by atoms with E-state index >= 15 is 0 Å². The molecule has 3 nitrogen and oxygen atoms in total. The molecule has 1 saturated heterocycles. The third-order valence-electron chi connectivity index (χ3n) is 6.75. The van der Waals surface area contributed by atoms with E-state index < -0.39 is 0 Å². The van der Waals surface area contributed by atoms with Crippen LogP contribution >= 0.6 is 0 Å². The Morgan fingerprint density at radius 1 is 0.727 bits per heavy atom. The van der Waals surface area contributed by atoms with Gasteiger partial charge in [0.1, 0.15) is 13.2 Å². The van der Waals surface area contributed by atoms with E-state index in [1.54, 1.807) is 5.57 Å². The second-order valence-corrected chi connectivity index (χ2v) is 9.13. The quantitative estimate of drug-likeness (QED) is 0.382. The van der Waals surface area contributed by atoms with Crippen LogP contribution < -0.4 is 9.47 Å². The van der Waals surface area contributed by atoms with E-state index in [4.69, 9.17) is 9.47 Å². The van der Waals surface area contributed by atoms with Crippen molar-refractivity contribution in [2.75, 3.05) is 13.1 Å². The molecule has 170 valence electrons. The Kier molecular flexibility index (Phi) is 7.08. The number of ether oxygens (including phenoxy) is 2. The van der Waals surface area contributed by atoms with Crippen LogP contribution in [0.1, 0.15) is 48.8 Å². The van der Waals surface area contributed by atoms with Gasteiger partial charge in [-0.05, 0) is 67.6 Å². The van der Waals surface area contributed by atoms with Gasteiger partial charge >= 0.3 is 0 Å².